The zero-order chi connectivity index (χ0) is 12.3. The molecule has 0 aliphatic rings. The first kappa shape index (κ1) is 13.3. The number of methoxy groups -OCH3 is 1. The third-order valence-electron chi connectivity index (χ3n) is 1.96. The Morgan fingerprint density at radius 1 is 1.50 bits per heavy atom. The van der Waals surface area contributed by atoms with E-state index in [9.17, 15) is 8.42 Å². The Labute approximate surface area is 100 Å². The van der Waals surface area contributed by atoms with Gasteiger partial charge in [-0.1, -0.05) is 11.6 Å². The highest BCUT2D eigenvalue weighted by Crippen LogP contribution is 2.27. The second kappa shape index (κ2) is 5.03. The first-order valence-electron chi connectivity index (χ1n) is 4.68. The maximum absolute atomic E-state index is 11.8. The first-order chi connectivity index (χ1) is 7.36. The molecule has 6 heteroatoms. The molecule has 1 unspecified atom stereocenters. The fourth-order valence-corrected chi connectivity index (χ4v) is 3.06. The van der Waals surface area contributed by atoms with Crippen molar-refractivity contribution in [3.63, 3.8) is 0 Å². The number of sulfone groups is 1. The number of rotatable bonds is 4. The molecular formula is C10H14ClNO3S. The van der Waals surface area contributed by atoms with E-state index in [1.165, 1.54) is 25.3 Å². The predicted octanol–water partition coefficient (Wildman–Crippen LogP) is 1.47. The molecule has 4 nitrogen and oxygen atoms in total. The van der Waals surface area contributed by atoms with Crippen LogP contribution in [0.15, 0.2) is 23.1 Å². The average Bonchev–Trinajstić information content (AvgIpc) is 2.15. The van der Waals surface area contributed by atoms with Crippen molar-refractivity contribution in [3.05, 3.63) is 23.2 Å². The minimum Gasteiger partial charge on any atom is -0.495 e. The van der Waals surface area contributed by atoms with Gasteiger partial charge in [-0.2, -0.15) is 0 Å². The van der Waals surface area contributed by atoms with Crippen molar-refractivity contribution in [2.45, 2.75) is 17.9 Å². The Kier molecular flexibility index (Phi) is 4.18. The standard InChI is InChI=1S/C10H14ClNO3S/c1-7(12)6-16(13,14)8-3-4-10(15-2)9(11)5-8/h3-5,7H,6,12H2,1-2H3. The highest BCUT2D eigenvalue weighted by molar-refractivity contribution is 7.91. The van der Waals surface area contributed by atoms with Gasteiger partial charge in [-0.25, -0.2) is 8.42 Å². The van der Waals surface area contributed by atoms with Crippen LogP contribution < -0.4 is 10.5 Å². The summed E-state index contributed by atoms with van der Waals surface area (Å²) in [6, 6.07) is 3.95. The third-order valence-corrected chi connectivity index (χ3v) is 4.20. The molecule has 2 N–H and O–H groups in total. The molecule has 1 aromatic carbocycles. The largest absolute Gasteiger partial charge is 0.495 e. The molecule has 0 bridgehead atoms. The molecule has 0 spiro atoms. The van der Waals surface area contributed by atoms with Gasteiger partial charge >= 0.3 is 0 Å². The van der Waals surface area contributed by atoms with E-state index in [0.717, 1.165) is 0 Å². The monoisotopic (exact) mass is 263 g/mol. The van der Waals surface area contributed by atoms with Crippen LogP contribution in [0.2, 0.25) is 5.02 Å². The Bertz CT molecular complexity index is 471. The van der Waals surface area contributed by atoms with Gasteiger partial charge in [-0.05, 0) is 25.1 Å². The van der Waals surface area contributed by atoms with Gasteiger partial charge in [0.15, 0.2) is 9.84 Å². The summed E-state index contributed by atoms with van der Waals surface area (Å²) >= 11 is 5.85. The van der Waals surface area contributed by atoms with E-state index >= 15 is 0 Å². The second-order valence-corrected chi connectivity index (χ2v) is 6.00. The van der Waals surface area contributed by atoms with Crippen molar-refractivity contribution in [1.29, 1.82) is 0 Å². The Balaban J connectivity index is 3.10. The van der Waals surface area contributed by atoms with Crippen molar-refractivity contribution < 1.29 is 13.2 Å². The molecule has 1 rings (SSSR count). The summed E-state index contributed by atoms with van der Waals surface area (Å²) in [4.78, 5) is 0.163. The van der Waals surface area contributed by atoms with Crippen LogP contribution >= 0.6 is 11.6 Å². The lowest BCUT2D eigenvalue weighted by Crippen LogP contribution is -2.26. The van der Waals surface area contributed by atoms with Gasteiger partial charge in [0.05, 0.1) is 22.8 Å². The highest BCUT2D eigenvalue weighted by atomic mass is 35.5. The number of hydrogen-bond acceptors (Lipinski definition) is 4. The molecule has 0 fully saturated rings. The van der Waals surface area contributed by atoms with Crippen LogP contribution in [-0.2, 0) is 9.84 Å². The summed E-state index contributed by atoms with van der Waals surface area (Å²) in [6.45, 7) is 1.64. The third kappa shape index (κ3) is 3.10. The summed E-state index contributed by atoms with van der Waals surface area (Å²) < 4.78 is 28.6. The van der Waals surface area contributed by atoms with Gasteiger partial charge in [-0.3, -0.25) is 0 Å². The molecular weight excluding hydrogens is 250 g/mol. The van der Waals surface area contributed by atoms with Crippen LogP contribution in [0.4, 0.5) is 0 Å². The second-order valence-electron chi connectivity index (χ2n) is 3.56. The fraction of sp³-hybridized carbons (Fsp3) is 0.400. The van der Waals surface area contributed by atoms with E-state index in [-0.39, 0.29) is 15.7 Å². The molecule has 0 heterocycles. The zero-order valence-corrected chi connectivity index (χ0v) is 10.7. The molecule has 0 aliphatic heterocycles. The fourth-order valence-electron chi connectivity index (χ4n) is 1.28. The van der Waals surface area contributed by atoms with E-state index in [1.807, 2.05) is 0 Å². The number of benzene rings is 1. The van der Waals surface area contributed by atoms with Gasteiger partial charge in [0, 0.05) is 6.04 Å². The quantitative estimate of drug-likeness (QED) is 0.893. The predicted molar refractivity (Wildman–Crippen MR) is 63.7 cm³/mol. The molecule has 0 radical (unpaired) electrons. The SMILES string of the molecule is COc1ccc(S(=O)(=O)CC(C)N)cc1Cl. The minimum atomic E-state index is -3.37. The van der Waals surface area contributed by atoms with Gasteiger partial charge < -0.3 is 10.5 Å². The molecule has 0 aromatic heterocycles. The minimum absolute atomic E-state index is 0.102. The lowest BCUT2D eigenvalue weighted by Gasteiger charge is -2.09. The Hall–Kier alpha value is -0.780. The van der Waals surface area contributed by atoms with Gasteiger partial charge in [0.1, 0.15) is 5.75 Å². The van der Waals surface area contributed by atoms with Crippen molar-refractivity contribution >= 4 is 21.4 Å². The zero-order valence-electron chi connectivity index (χ0n) is 9.10. The van der Waals surface area contributed by atoms with Crippen LogP contribution in [0.25, 0.3) is 0 Å². The van der Waals surface area contributed by atoms with E-state index in [0.29, 0.717) is 5.75 Å². The van der Waals surface area contributed by atoms with Gasteiger partial charge in [-0.15, -0.1) is 0 Å². The van der Waals surface area contributed by atoms with Crippen molar-refractivity contribution in [2.24, 2.45) is 5.73 Å². The van der Waals surface area contributed by atoms with E-state index in [2.05, 4.69) is 0 Å². The van der Waals surface area contributed by atoms with Crippen LogP contribution in [0.5, 0.6) is 5.75 Å². The smallest absolute Gasteiger partial charge is 0.179 e. The Morgan fingerprint density at radius 3 is 2.56 bits per heavy atom. The number of ether oxygens (including phenoxy) is 1. The maximum Gasteiger partial charge on any atom is 0.179 e. The average molecular weight is 264 g/mol. The van der Waals surface area contributed by atoms with Crippen LogP contribution in [-0.4, -0.2) is 27.3 Å². The van der Waals surface area contributed by atoms with Crippen LogP contribution in [0.3, 0.4) is 0 Å². The topological polar surface area (TPSA) is 69.4 Å². The summed E-state index contributed by atoms with van der Waals surface area (Å²) in [6.07, 6.45) is 0. The molecule has 0 saturated heterocycles. The Morgan fingerprint density at radius 2 is 2.12 bits per heavy atom. The molecule has 0 saturated carbocycles. The van der Waals surface area contributed by atoms with Crippen molar-refractivity contribution in [2.75, 3.05) is 12.9 Å². The number of nitrogens with two attached hydrogens (primary N) is 1. The van der Waals surface area contributed by atoms with E-state index < -0.39 is 15.9 Å². The molecule has 1 aromatic rings. The lowest BCUT2D eigenvalue weighted by atomic mass is 10.3. The summed E-state index contributed by atoms with van der Waals surface area (Å²) in [5, 5.41) is 0.272. The maximum atomic E-state index is 11.8. The first-order valence-corrected chi connectivity index (χ1v) is 6.71. The summed E-state index contributed by atoms with van der Waals surface area (Å²) in [7, 11) is -1.90. The van der Waals surface area contributed by atoms with Crippen molar-refractivity contribution in [3.8, 4) is 5.75 Å². The molecule has 0 amide bonds. The number of halogens is 1. The molecule has 1 atom stereocenters. The van der Waals surface area contributed by atoms with Crippen molar-refractivity contribution in [1.82, 2.24) is 0 Å². The normalized spacial score (nSPS) is 13.5. The van der Waals surface area contributed by atoms with E-state index in [4.69, 9.17) is 22.1 Å². The van der Waals surface area contributed by atoms with Crippen LogP contribution in [0, 0.1) is 0 Å². The highest BCUT2D eigenvalue weighted by Gasteiger charge is 2.17. The molecule has 16 heavy (non-hydrogen) atoms. The van der Waals surface area contributed by atoms with E-state index in [1.54, 1.807) is 6.92 Å². The molecule has 0 aliphatic carbocycles. The van der Waals surface area contributed by atoms with Gasteiger partial charge in [0.25, 0.3) is 0 Å². The summed E-state index contributed by atoms with van der Waals surface area (Å²) in [5.41, 5.74) is 5.47. The summed E-state index contributed by atoms with van der Waals surface area (Å²) in [5.74, 6) is 0.344. The molecule has 90 valence electrons. The van der Waals surface area contributed by atoms with Gasteiger partial charge in [0.2, 0.25) is 0 Å². The van der Waals surface area contributed by atoms with Crippen LogP contribution in [0.1, 0.15) is 6.92 Å². The number of hydrogen-bond donors (Lipinski definition) is 1. The lowest BCUT2D eigenvalue weighted by molar-refractivity contribution is 0.414.